The summed E-state index contributed by atoms with van der Waals surface area (Å²) in [6.07, 6.45) is 1.38. The number of nitriles is 1. The molecule has 11 heteroatoms. The molecule has 0 aromatic heterocycles. The first-order chi connectivity index (χ1) is 17.0. The van der Waals surface area contributed by atoms with E-state index in [-0.39, 0.29) is 22.1 Å². The number of benzene rings is 3. The Bertz CT molecular complexity index is 1470. The maximum atomic E-state index is 12.7. The molecule has 0 saturated carbocycles. The fourth-order valence-electron chi connectivity index (χ4n) is 3.02. The van der Waals surface area contributed by atoms with E-state index in [1.165, 1.54) is 61.5 Å². The molecule has 0 atom stereocenters. The van der Waals surface area contributed by atoms with E-state index < -0.39 is 16.0 Å². The van der Waals surface area contributed by atoms with E-state index in [1.807, 2.05) is 25.1 Å². The number of carbonyl (C=O) groups excluding carboxylic acids is 2. The van der Waals surface area contributed by atoms with Crippen molar-refractivity contribution in [3.8, 4) is 11.8 Å². The summed E-state index contributed by atoms with van der Waals surface area (Å²) in [4.78, 5) is 23.7. The van der Waals surface area contributed by atoms with Gasteiger partial charge in [0.25, 0.3) is 5.91 Å². The van der Waals surface area contributed by atoms with Gasteiger partial charge in [0, 0.05) is 21.6 Å². The van der Waals surface area contributed by atoms with Gasteiger partial charge in [-0.3, -0.25) is 9.59 Å². The lowest BCUT2D eigenvalue weighted by molar-refractivity contribution is -0.114. The number of amides is 2. The van der Waals surface area contributed by atoms with Crippen LogP contribution < -0.4 is 14.8 Å². The highest BCUT2D eigenvalue weighted by molar-refractivity contribution is 9.11. The number of nitrogens with one attached hydrogen (secondary N) is 2. The highest BCUT2D eigenvalue weighted by Gasteiger charge is 2.17. The minimum Gasteiger partial charge on any atom is -0.379 e. The summed E-state index contributed by atoms with van der Waals surface area (Å²) in [6.45, 7) is 3.25. The van der Waals surface area contributed by atoms with Crippen LogP contribution in [0.5, 0.6) is 5.75 Å². The second kappa shape index (κ2) is 11.5. The molecule has 8 nitrogen and oxygen atoms in total. The van der Waals surface area contributed by atoms with Crippen molar-refractivity contribution in [2.75, 3.05) is 10.6 Å². The molecule has 0 aliphatic heterocycles. The summed E-state index contributed by atoms with van der Waals surface area (Å²) in [5, 5.41) is 14.7. The summed E-state index contributed by atoms with van der Waals surface area (Å²) in [6, 6.07) is 17.0. The van der Waals surface area contributed by atoms with Gasteiger partial charge in [-0.15, -0.1) is 0 Å². The smallest absolute Gasteiger partial charge is 0.339 e. The third-order valence-corrected chi connectivity index (χ3v) is 7.16. The van der Waals surface area contributed by atoms with Crippen LogP contribution in [0.3, 0.4) is 0 Å². The van der Waals surface area contributed by atoms with Crippen LogP contribution in [-0.2, 0) is 19.7 Å². The van der Waals surface area contributed by atoms with Crippen molar-refractivity contribution in [3.63, 3.8) is 0 Å². The zero-order valence-corrected chi connectivity index (χ0v) is 23.0. The highest BCUT2D eigenvalue weighted by Crippen LogP contribution is 2.32. The van der Waals surface area contributed by atoms with E-state index in [9.17, 15) is 23.3 Å². The van der Waals surface area contributed by atoms with E-state index in [4.69, 9.17) is 4.18 Å². The zero-order valence-electron chi connectivity index (χ0n) is 19.0. The molecular weight excluding hydrogens is 614 g/mol. The van der Waals surface area contributed by atoms with Gasteiger partial charge in [0.05, 0.1) is 5.69 Å². The van der Waals surface area contributed by atoms with Crippen molar-refractivity contribution in [1.82, 2.24) is 0 Å². The number of hydrogen-bond donors (Lipinski definition) is 2. The maximum Gasteiger partial charge on any atom is 0.339 e. The zero-order chi connectivity index (χ0) is 26.5. The van der Waals surface area contributed by atoms with Crippen molar-refractivity contribution in [2.45, 2.75) is 18.7 Å². The van der Waals surface area contributed by atoms with Crippen LogP contribution >= 0.6 is 31.9 Å². The highest BCUT2D eigenvalue weighted by atomic mass is 79.9. The first-order valence-corrected chi connectivity index (χ1v) is 13.3. The Morgan fingerprint density at radius 1 is 0.972 bits per heavy atom. The standard InChI is InChI=1S/C25H19Br2N3O5S/c1-15-11-22(26)24(23(27)12-15)30-25(32)18(14-28)13-17-3-7-20(8-4-17)35-36(33,34)21-9-5-19(6-10-21)29-16(2)31/h3-13H,1-2H3,(H,29,31)(H,30,32)/b18-13+. The Balaban J connectivity index is 1.73. The Morgan fingerprint density at radius 2 is 1.56 bits per heavy atom. The molecule has 0 spiro atoms. The minimum absolute atomic E-state index is 0.0496. The van der Waals surface area contributed by atoms with Crippen molar-refractivity contribution in [3.05, 3.63) is 86.3 Å². The molecule has 2 N–H and O–H groups in total. The van der Waals surface area contributed by atoms with Crippen molar-refractivity contribution >= 4 is 71.2 Å². The van der Waals surface area contributed by atoms with Crippen LogP contribution in [0.25, 0.3) is 6.08 Å². The van der Waals surface area contributed by atoms with Crippen LogP contribution in [0.1, 0.15) is 18.1 Å². The van der Waals surface area contributed by atoms with Gasteiger partial charge in [0.1, 0.15) is 22.3 Å². The molecule has 0 fully saturated rings. The van der Waals surface area contributed by atoms with E-state index in [0.717, 1.165) is 5.56 Å². The monoisotopic (exact) mass is 631 g/mol. The Labute approximate surface area is 225 Å². The lowest BCUT2D eigenvalue weighted by Crippen LogP contribution is -2.14. The molecule has 184 valence electrons. The van der Waals surface area contributed by atoms with Gasteiger partial charge in [0.15, 0.2) is 0 Å². The molecule has 0 aliphatic rings. The average Bonchev–Trinajstić information content (AvgIpc) is 2.80. The molecule has 36 heavy (non-hydrogen) atoms. The molecule has 3 aromatic carbocycles. The lowest BCUT2D eigenvalue weighted by Gasteiger charge is -2.10. The van der Waals surface area contributed by atoms with Gasteiger partial charge in [-0.05, 0) is 105 Å². The third-order valence-electron chi connectivity index (χ3n) is 4.65. The summed E-state index contributed by atoms with van der Waals surface area (Å²) < 4.78 is 31.6. The number of hydrogen-bond acceptors (Lipinski definition) is 6. The third kappa shape index (κ3) is 7.04. The predicted octanol–water partition coefficient (Wildman–Crippen LogP) is 5.79. The summed E-state index contributed by atoms with van der Waals surface area (Å²) in [5.74, 6) is -0.828. The number of carbonyl (C=O) groups is 2. The SMILES string of the molecule is CC(=O)Nc1ccc(S(=O)(=O)Oc2ccc(/C=C(\C#N)C(=O)Nc3c(Br)cc(C)cc3Br)cc2)cc1. The molecule has 0 aliphatic carbocycles. The number of halogens is 2. The van der Waals surface area contributed by atoms with E-state index in [0.29, 0.717) is 25.9 Å². The Kier molecular flexibility index (Phi) is 8.68. The molecule has 0 radical (unpaired) electrons. The second-order valence-corrected chi connectivity index (χ2v) is 10.8. The first kappa shape index (κ1) is 27.1. The van der Waals surface area contributed by atoms with Crippen LogP contribution in [0.4, 0.5) is 11.4 Å². The number of anilines is 2. The van der Waals surface area contributed by atoms with Gasteiger partial charge in [-0.25, -0.2) is 0 Å². The first-order valence-electron chi connectivity index (χ1n) is 10.3. The van der Waals surface area contributed by atoms with Gasteiger partial charge in [0.2, 0.25) is 5.91 Å². The summed E-state index contributed by atoms with van der Waals surface area (Å²) >= 11 is 6.80. The molecule has 0 unspecified atom stereocenters. The topological polar surface area (TPSA) is 125 Å². The fraction of sp³-hybridized carbons (Fsp3) is 0.0800. The molecule has 0 bridgehead atoms. The fourth-order valence-corrected chi connectivity index (χ4v) is 5.56. The van der Waals surface area contributed by atoms with Gasteiger partial charge < -0.3 is 14.8 Å². The maximum absolute atomic E-state index is 12.7. The second-order valence-electron chi connectivity index (χ2n) is 7.54. The summed E-state index contributed by atoms with van der Waals surface area (Å²) in [5.41, 5.74) is 2.28. The molecule has 2 amide bonds. The number of rotatable bonds is 7. The average molecular weight is 633 g/mol. The van der Waals surface area contributed by atoms with Gasteiger partial charge in [-0.1, -0.05) is 12.1 Å². The largest absolute Gasteiger partial charge is 0.379 e. The predicted molar refractivity (Wildman–Crippen MR) is 144 cm³/mol. The Morgan fingerprint density at radius 3 is 2.08 bits per heavy atom. The van der Waals surface area contributed by atoms with Crippen LogP contribution in [0.2, 0.25) is 0 Å². The molecule has 0 heterocycles. The van der Waals surface area contributed by atoms with Crippen LogP contribution in [0.15, 0.2) is 80.1 Å². The van der Waals surface area contributed by atoms with Crippen molar-refractivity contribution in [1.29, 1.82) is 5.26 Å². The molecule has 0 saturated heterocycles. The number of aryl methyl sites for hydroxylation is 1. The van der Waals surface area contributed by atoms with Gasteiger partial charge >= 0.3 is 10.1 Å². The quantitative estimate of drug-likeness (QED) is 0.193. The Hall–Kier alpha value is -3.46. The van der Waals surface area contributed by atoms with Crippen LogP contribution in [-0.4, -0.2) is 20.2 Å². The van der Waals surface area contributed by atoms with Gasteiger partial charge in [-0.2, -0.15) is 13.7 Å². The molecular formula is C25H19Br2N3O5S. The van der Waals surface area contributed by atoms with E-state index in [2.05, 4.69) is 42.5 Å². The van der Waals surface area contributed by atoms with E-state index in [1.54, 1.807) is 0 Å². The minimum atomic E-state index is -4.11. The number of nitrogens with zero attached hydrogens (tertiary/aromatic N) is 1. The van der Waals surface area contributed by atoms with Crippen molar-refractivity contribution in [2.24, 2.45) is 0 Å². The molecule has 3 aromatic rings. The lowest BCUT2D eigenvalue weighted by atomic mass is 10.1. The van der Waals surface area contributed by atoms with Crippen molar-refractivity contribution < 1.29 is 22.2 Å². The molecule has 3 rings (SSSR count). The normalized spacial score (nSPS) is 11.4. The van der Waals surface area contributed by atoms with Crippen LogP contribution in [0, 0.1) is 18.3 Å². The summed E-state index contributed by atoms with van der Waals surface area (Å²) in [7, 11) is -4.11. The van der Waals surface area contributed by atoms with E-state index >= 15 is 0 Å².